The summed E-state index contributed by atoms with van der Waals surface area (Å²) in [6.45, 7) is 1.02. The minimum absolute atomic E-state index is 0.0357. The van der Waals surface area contributed by atoms with Crippen molar-refractivity contribution < 1.29 is 9.36 Å². The molecule has 0 saturated heterocycles. The molecule has 0 spiro atoms. The molecule has 0 aliphatic rings. The zero-order chi connectivity index (χ0) is 15.1. The number of pyridine rings is 1. The fourth-order valence-corrected chi connectivity index (χ4v) is 2.07. The molecule has 0 bridgehead atoms. The molecule has 0 radical (unpaired) electrons. The van der Waals surface area contributed by atoms with Gasteiger partial charge in [0.05, 0.1) is 0 Å². The average Bonchev–Trinajstić information content (AvgIpc) is 2.49. The van der Waals surface area contributed by atoms with Crippen molar-refractivity contribution in [1.82, 2.24) is 5.32 Å². The molecule has 0 unspecified atom stereocenters. The molecule has 21 heavy (non-hydrogen) atoms. The second-order valence-corrected chi connectivity index (χ2v) is 5.21. The summed E-state index contributed by atoms with van der Waals surface area (Å²) in [6, 6.07) is 14.2. The van der Waals surface area contributed by atoms with E-state index in [2.05, 4.69) is 17.4 Å². The van der Waals surface area contributed by atoms with Crippen LogP contribution < -0.4 is 14.8 Å². The molecule has 4 heteroatoms. The third kappa shape index (κ3) is 4.91. The van der Waals surface area contributed by atoms with Crippen LogP contribution in [0.3, 0.4) is 0 Å². The van der Waals surface area contributed by atoms with Crippen LogP contribution in [0.2, 0.25) is 0 Å². The van der Waals surface area contributed by atoms with E-state index in [-0.39, 0.29) is 5.91 Å². The molecular weight excluding hydrogens is 262 g/mol. The Morgan fingerprint density at radius 2 is 1.76 bits per heavy atom. The third-order valence-electron chi connectivity index (χ3n) is 3.29. The molecule has 2 rings (SSSR count). The molecule has 0 atom stereocenters. The Balaban J connectivity index is 1.76. The second kappa shape index (κ2) is 7.43. The van der Waals surface area contributed by atoms with E-state index in [9.17, 15) is 4.79 Å². The Kier molecular flexibility index (Phi) is 5.32. The highest BCUT2D eigenvalue weighted by Crippen LogP contribution is 2.05. The minimum Gasteiger partial charge on any atom is -0.377 e. The van der Waals surface area contributed by atoms with E-state index in [0.29, 0.717) is 13.1 Å². The zero-order valence-corrected chi connectivity index (χ0v) is 12.6. The van der Waals surface area contributed by atoms with Crippen LogP contribution in [0.5, 0.6) is 0 Å². The van der Waals surface area contributed by atoms with E-state index in [1.165, 1.54) is 5.56 Å². The Labute approximate surface area is 126 Å². The van der Waals surface area contributed by atoms with Gasteiger partial charge in [-0.15, -0.1) is 0 Å². The number of carbonyl (C=O) groups is 1. The van der Waals surface area contributed by atoms with Crippen LogP contribution in [0.4, 0.5) is 5.69 Å². The van der Waals surface area contributed by atoms with Crippen LogP contribution in [-0.2, 0) is 17.8 Å². The van der Waals surface area contributed by atoms with E-state index in [1.54, 1.807) is 0 Å². The first-order valence-corrected chi connectivity index (χ1v) is 7.12. The summed E-state index contributed by atoms with van der Waals surface area (Å²) in [7, 11) is 3.99. The summed E-state index contributed by atoms with van der Waals surface area (Å²) in [5.74, 6) is 0.0357. The van der Waals surface area contributed by atoms with Crippen LogP contribution in [0.15, 0.2) is 54.9 Å². The van der Waals surface area contributed by atoms with E-state index in [0.717, 1.165) is 12.1 Å². The highest BCUT2D eigenvalue weighted by atomic mass is 16.1. The molecule has 110 valence electrons. The fraction of sp³-hybridized carbons (Fsp3) is 0.294. The SMILES string of the molecule is CN(C)c1cc[n+](CC(=O)NCCc2ccccc2)cc1. The van der Waals surface area contributed by atoms with Crippen molar-refractivity contribution in [2.75, 3.05) is 25.5 Å². The number of rotatable bonds is 6. The summed E-state index contributed by atoms with van der Waals surface area (Å²) < 4.78 is 1.88. The summed E-state index contributed by atoms with van der Waals surface area (Å²) in [5, 5.41) is 2.95. The molecule has 0 fully saturated rings. The number of benzene rings is 1. The predicted octanol–water partition coefficient (Wildman–Crippen LogP) is 1.40. The van der Waals surface area contributed by atoms with Gasteiger partial charge in [0, 0.05) is 38.5 Å². The quantitative estimate of drug-likeness (QED) is 0.814. The van der Waals surface area contributed by atoms with Crippen LogP contribution in [0.25, 0.3) is 0 Å². The molecule has 1 heterocycles. The lowest BCUT2D eigenvalue weighted by molar-refractivity contribution is -0.684. The van der Waals surface area contributed by atoms with Gasteiger partial charge in [0.25, 0.3) is 5.91 Å². The van der Waals surface area contributed by atoms with Crippen molar-refractivity contribution in [1.29, 1.82) is 0 Å². The average molecular weight is 284 g/mol. The smallest absolute Gasteiger partial charge is 0.285 e. The number of anilines is 1. The van der Waals surface area contributed by atoms with E-state index in [4.69, 9.17) is 0 Å². The van der Waals surface area contributed by atoms with Crippen molar-refractivity contribution in [3.63, 3.8) is 0 Å². The molecule has 0 saturated carbocycles. The predicted molar refractivity (Wildman–Crippen MR) is 84.1 cm³/mol. The first kappa shape index (κ1) is 15.0. The van der Waals surface area contributed by atoms with Gasteiger partial charge in [0.2, 0.25) is 6.54 Å². The van der Waals surface area contributed by atoms with E-state index in [1.807, 2.05) is 66.3 Å². The van der Waals surface area contributed by atoms with Crippen LogP contribution in [-0.4, -0.2) is 26.5 Å². The van der Waals surface area contributed by atoms with E-state index >= 15 is 0 Å². The lowest BCUT2D eigenvalue weighted by atomic mass is 10.1. The molecule has 1 N–H and O–H groups in total. The molecule has 0 aliphatic carbocycles. The van der Waals surface area contributed by atoms with E-state index < -0.39 is 0 Å². The maximum atomic E-state index is 11.9. The van der Waals surface area contributed by atoms with Gasteiger partial charge < -0.3 is 10.2 Å². The van der Waals surface area contributed by atoms with Crippen molar-refractivity contribution in [3.05, 3.63) is 60.4 Å². The lowest BCUT2D eigenvalue weighted by Crippen LogP contribution is -2.42. The second-order valence-electron chi connectivity index (χ2n) is 5.21. The number of amides is 1. The van der Waals surface area contributed by atoms with Crippen molar-refractivity contribution in [3.8, 4) is 0 Å². The van der Waals surface area contributed by atoms with Gasteiger partial charge in [-0.2, -0.15) is 4.57 Å². The minimum atomic E-state index is 0.0357. The molecule has 1 aromatic carbocycles. The standard InChI is InChI=1S/C17H21N3O/c1-19(2)16-9-12-20(13-10-16)14-17(21)18-11-8-15-6-4-3-5-7-15/h3-7,9-10,12-13H,8,11,14H2,1-2H3/p+1. The molecule has 4 nitrogen and oxygen atoms in total. The van der Waals surface area contributed by atoms with Crippen molar-refractivity contribution in [2.24, 2.45) is 0 Å². The van der Waals surface area contributed by atoms with Crippen LogP contribution in [0, 0.1) is 0 Å². The summed E-state index contributed by atoms with van der Waals surface area (Å²) in [6.07, 6.45) is 4.70. The maximum Gasteiger partial charge on any atom is 0.285 e. The molecule has 0 aliphatic heterocycles. The maximum absolute atomic E-state index is 11.9. The van der Waals surface area contributed by atoms with Gasteiger partial charge in [-0.25, -0.2) is 0 Å². The first-order valence-electron chi connectivity index (χ1n) is 7.12. The monoisotopic (exact) mass is 284 g/mol. The van der Waals surface area contributed by atoms with Crippen LogP contribution >= 0.6 is 0 Å². The molecular formula is C17H22N3O+. The largest absolute Gasteiger partial charge is 0.377 e. The molecule has 1 amide bonds. The number of nitrogens with one attached hydrogen (secondary N) is 1. The van der Waals surface area contributed by atoms with Gasteiger partial charge >= 0.3 is 0 Å². The third-order valence-corrected chi connectivity index (χ3v) is 3.29. The van der Waals surface area contributed by atoms with Crippen LogP contribution in [0.1, 0.15) is 5.56 Å². The number of nitrogens with zero attached hydrogens (tertiary/aromatic N) is 2. The normalized spacial score (nSPS) is 10.2. The Hall–Kier alpha value is -2.36. The zero-order valence-electron chi connectivity index (χ0n) is 12.6. The Morgan fingerprint density at radius 3 is 2.38 bits per heavy atom. The van der Waals surface area contributed by atoms with Gasteiger partial charge in [0.15, 0.2) is 12.4 Å². The molecule has 1 aromatic heterocycles. The number of hydrogen-bond acceptors (Lipinski definition) is 2. The summed E-state index contributed by atoms with van der Waals surface area (Å²) in [4.78, 5) is 13.9. The van der Waals surface area contributed by atoms with Crippen molar-refractivity contribution in [2.45, 2.75) is 13.0 Å². The fourth-order valence-electron chi connectivity index (χ4n) is 2.07. The van der Waals surface area contributed by atoms with Gasteiger partial charge in [-0.3, -0.25) is 4.79 Å². The Morgan fingerprint density at radius 1 is 1.10 bits per heavy atom. The summed E-state index contributed by atoms with van der Waals surface area (Å²) >= 11 is 0. The molecule has 2 aromatic rings. The number of aromatic nitrogens is 1. The van der Waals surface area contributed by atoms with Gasteiger partial charge in [-0.05, 0) is 12.0 Å². The Bertz CT molecular complexity index is 564. The lowest BCUT2D eigenvalue weighted by Gasteiger charge is -2.10. The number of carbonyl (C=O) groups excluding carboxylic acids is 1. The summed E-state index contributed by atoms with van der Waals surface area (Å²) in [5.41, 5.74) is 2.36. The number of hydrogen-bond donors (Lipinski definition) is 1. The van der Waals surface area contributed by atoms with Gasteiger partial charge in [0.1, 0.15) is 0 Å². The highest BCUT2D eigenvalue weighted by Gasteiger charge is 2.08. The van der Waals surface area contributed by atoms with Gasteiger partial charge in [-0.1, -0.05) is 30.3 Å². The first-order chi connectivity index (χ1) is 10.1. The highest BCUT2D eigenvalue weighted by molar-refractivity contribution is 5.74. The topological polar surface area (TPSA) is 36.2 Å². The van der Waals surface area contributed by atoms with Crippen molar-refractivity contribution >= 4 is 11.6 Å².